The van der Waals surface area contributed by atoms with Crippen LogP contribution in [0.15, 0.2) is 0 Å². The minimum atomic E-state index is -1.12. The summed E-state index contributed by atoms with van der Waals surface area (Å²) in [6, 6.07) is -0.706. The third kappa shape index (κ3) is 1.58. The average molecular weight is 180 g/mol. The molecule has 0 spiro atoms. The average Bonchev–Trinajstić information content (AvgIpc) is 2.08. The van der Waals surface area contributed by atoms with Crippen molar-refractivity contribution in [1.29, 1.82) is 0 Å². The second-order valence-electron chi connectivity index (χ2n) is 3.00. The molecule has 0 amide bonds. The molecular weight excluding hydrogens is 164 g/mol. The van der Waals surface area contributed by atoms with Gasteiger partial charge in [0.05, 0.1) is 0 Å². The van der Waals surface area contributed by atoms with E-state index in [1.807, 2.05) is 0 Å². The Kier molecular flexibility index (Phi) is 2.99. The molecule has 1 saturated heterocycles. The van der Waals surface area contributed by atoms with Crippen molar-refractivity contribution in [2.24, 2.45) is 0 Å². The molecule has 9 N–H and O–H groups in total. The van der Waals surface area contributed by atoms with Crippen molar-refractivity contribution < 1.29 is 31.5 Å². The van der Waals surface area contributed by atoms with E-state index < -0.39 is 30.6 Å². The highest BCUT2D eigenvalue weighted by Gasteiger charge is 2.44. The molecule has 0 radical (unpaired) electrons. The Morgan fingerprint density at radius 1 is 1.17 bits per heavy atom. The molecule has 0 aliphatic carbocycles. The van der Waals surface area contributed by atoms with Gasteiger partial charge in [0.25, 0.3) is 0 Å². The number of aliphatic hydroxyl groups excluding tert-OH is 3. The number of rotatable bonds is 1. The van der Waals surface area contributed by atoms with Gasteiger partial charge in [-0.3, -0.25) is 0 Å². The molecule has 0 aromatic rings. The van der Waals surface area contributed by atoms with E-state index in [4.69, 9.17) is 4.74 Å². The van der Waals surface area contributed by atoms with Gasteiger partial charge in [-0.1, -0.05) is 0 Å². The first-order valence-electron chi connectivity index (χ1n) is 3.90. The first-order valence-corrected chi connectivity index (χ1v) is 3.90. The molecule has 6 nitrogen and oxygen atoms in total. The number of aliphatic hydroxyl groups is 3. The Bertz CT molecular complexity index is 152. The topological polar surface area (TPSA) is 125 Å². The number of quaternary nitrogens is 2. The van der Waals surface area contributed by atoms with E-state index >= 15 is 0 Å². The van der Waals surface area contributed by atoms with Crippen LogP contribution in [0.2, 0.25) is 0 Å². The summed E-state index contributed by atoms with van der Waals surface area (Å²) >= 11 is 0. The molecule has 72 valence electrons. The van der Waals surface area contributed by atoms with Gasteiger partial charge < -0.3 is 31.5 Å². The van der Waals surface area contributed by atoms with Crippen molar-refractivity contribution in [2.75, 3.05) is 6.54 Å². The molecule has 6 heteroatoms. The number of hydrogen-bond donors (Lipinski definition) is 5. The summed E-state index contributed by atoms with van der Waals surface area (Å²) in [4.78, 5) is 0. The van der Waals surface area contributed by atoms with Crippen LogP contribution in [0.25, 0.3) is 0 Å². The Balaban J connectivity index is 2.63. The van der Waals surface area contributed by atoms with E-state index in [0.717, 1.165) is 0 Å². The minimum Gasteiger partial charge on any atom is -0.387 e. The van der Waals surface area contributed by atoms with Gasteiger partial charge in [0.1, 0.15) is 24.9 Å². The Labute approximate surface area is 69.7 Å². The zero-order chi connectivity index (χ0) is 9.30. The van der Waals surface area contributed by atoms with Crippen LogP contribution >= 0.6 is 0 Å². The van der Waals surface area contributed by atoms with Gasteiger partial charge in [0, 0.05) is 0 Å². The van der Waals surface area contributed by atoms with E-state index in [1.54, 1.807) is 0 Å². The van der Waals surface area contributed by atoms with Crippen molar-refractivity contribution >= 4 is 0 Å². The maximum Gasteiger partial charge on any atom is 0.211 e. The van der Waals surface area contributed by atoms with E-state index in [1.165, 1.54) is 0 Å². The van der Waals surface area contributed by atoms with Crippen LogP contribution in [0.5, 0.6) is 0 Å². The van der Waals surface area contributed by atoms with Gasteiger partial charge in [-0.15, -0.1) is 0 Å². The van der Waals surface area contributed by atoms with Gasteiger partial charge in [-0.05, 0) is 0 Å². The molecule has 1 fully saturated rings. The highest BCUT2D eigenvalue weighted by atomic mass is 16.6. The van der Waals surface area contributed by atoms with Crippen LogP contribution in [-0.2, 0) is 4.74 Å². The first kappa shape index (κ1) is 9.85. The summed E-state index contributed by atoms with van der Waals surface area (Å²) in [5.74, 6) is 0. The van der Waals surface area contributed by atoms with E-state index in [2.05, 4.69) is 11.5 Å². The van der Waals surface area contributed by atoms with Crippen molar-refractivity contribution in [1.82, 2.24) is 0 Å². The normalized spacial score (nSPS) is 49.2. The Morgan fingerprint density at radius 2 is 1.75 bits per heavy atom. The first-order chi connectivity index (χ1) is 5.57. The molecule has 12 heavy (non-hydrogen) atoms. The van der Waals surface area contributed by atoms with E-state index in [0.29, 0.717) is 6.54 Å². The van der Waals surface area contributed by atoms with Crippen LogP contribution in [-0.4, -0.2) is 52.5 Å². The van der Waals surface area contributed by atoms with Crippen LogP contribution in [0, 0.1) is 0 Å². The van der Waals surface area contributed by atoms with Crippen molar-refractivity contribution in [2.45, 2.75) is 30.6 Å². The molecule has 0 aromatic carbocycles. The van der Waals surface area contributed by atoms with Crippen molar-refractivity contribution in [3.63, 3.8) is 0 Å². The zero-order valence-corrected chi connectivity index (χ0v) is 6.76. The van der Waals surface area contributed by atoms with Gasteiger partial charge in [0.2, 0.25) is 6.29 Å². The lowest BCUT2D eigenvalue weighted by Crippen LogP contribution is -2.79. The molecular formula is C6H16N2O4+2. The third-order valence-electron chi connectivity index (χ3n) is 2.13. The van der Waals surface area contributed by atoms with Crippen molar-refractivity contribution in [3.05, 3.63) is 0 Å². The molecule has 0 aromatic heterocycles. The Hall–Kier alpha value is -0.240. The molecule has 1 aliphatic heterocycles. The van der Waals surface area contributed by atoms with Gasteiger partial charge in [0.15, 0.2) is 6.04 Å². The number of ether oxygens (including phenoxy) is 1. The lowest BCUT2D eigenvalue weighted by molar-refractivity contribution is -0.506. The Morgan fingerprint density at radius 3 is 2.25 bits per heavy atom. The zero-order valence-electron chi connectivity index (χ0n) is 6.76. The summed E-state index contributed by atoms with van der Waals surface area (Å²) in [5.41, 5.74) is 7.00. The predicted molar refractivity (Wildman–Crippen MR) is 37.3 cm³/mol. The van der Waals surface area contributed by atoms with Crippen LogP contribution < -0.4 is 11.5 Å². The molecule has 1 heterocycles. The smallest absolute Gasteiger partial charge is 0.211 e. The van der Waals surface area contributed by atoms with Crippen molar-refractivity contribution in [3.8, 4) is 0 Å². The van der Waals surface area contributed by atoms with Gasteiger partial charge >= 0.3 is 0 Å². The van der Waals surface area contributed by atoms with Gasteiger partial charge in [-0.25, -0.2) is 0 Å². The minimum absolute atomic E-state index is 0.308. The van der Waals surface area contributed by atoms with E-state index in [9.17, 15) is 15.3 Å². The second kappa shape index (κ2) is 3.65. The second-order valence-corrected chi connectivity index (χ2v) is 3.00. The molecule has 0 bridgehead atoms. The summed E-state index contributed by atoms with van der Waals surface area (Å²) in [6.45, 7) is 0.308. The lowest BCUT2D eigenvalue weighted by Gasteiger charge is -2.35. The standard InChI is InChI=1S/C6H14N2O4/c7-1-2-4(9)5(10)3(8)6(11)12-2/h2-6,9-11H,1,7-8H2/p+2. The predicted octanol–water partition coefficient (Wildman–Crippen LogP) is -4.72. The highest BCUT2D eigenvalue weighted by molar-refractivity contribution is 4.86. The molecule has 1 aliphatic rings. The largest absolute Gasteiger partial charge is 0.387 e. The molecule has 0 saturated carbocycles. The van der Waals surface area contributed by atoms with Crippen LogP contribution in [0.4, 0.5) is 0 Å². The third-order valence-corrected chi connectivity index (χ3v) is 2.13. The van der Waals surface area contributed by atoms with Gasteiger partial charge in [-0.2, -0.15) is 0 Å². The summed E-state index contributed by atoms with van der Waals surface area (Å²) in [7, 11) is 0. The maximum atomic E-state index is 9.36. The lowest BCUT2D eigenvalue weighted by atomic mass is 9.98. The monoisotopic (exact) mass is 180 g/mol. The highest BCUT2D eigenvalue weighted by Crippen LogP contribution is 2.15. The van der Waals surface area contributed by atoms with Crippen LogP contribution in [0.3, 0.4) is 0 Å². The molecule has 5 unspecified atom stereocenters. The fourth-order valence-electron chi connectivity index (χ4n) is 1.24. The fourth-order valence-corrected chi connectivity index (χ4v) is 1.24. The maximum absolute atomic E-state index is 9.36. The van der Waals surface area contributed by atoms with Crippen LogP contribution in [0.1, 0.15) is 0 Å². The SMILES string of the molecule is [NH3+]CC1OC(O)C([NH3+])C(O)C1O. The summed E-state index contributed by atoms with van der Waals surface area (Å²) in [6.07, 6.45) is -3.77. The molecule has 1 rings (SSSR count). The van der Waals surface area contributed by atoms with E-state index in [-0.39, 0.29) is 0 Å². The molecule has 5 atom stereocenters. The number of hydrogen-bond acceptors (Lipinski definition) is 4. The summed E-state index contributed by atoms with van der Waals surface area (Å²) < 4.78 is 4.95. The summed E-state index contributed by atoms with van der Waals surface area (Å²) in [5, 5.41) is 27.9. The fraction of sp³-hybridized carbons (Fsp3) is 1.00. The quantitative estimate of drug-likeness (QED) is 0.278.